The Hall–Kier alpha value is -3.46. The van der Waals surface area contributed by atoms with E-state index in [1.165, 1.54) is 4.90 Å². The lowest BCUT2D eigenvalue weighted by atomic mass is 9.34. The van der Waals surface area contributed by atoms with E-state index in [1.807, 2.05) is 32.9 Å². The minimum Gasteiger partial charge on any atom is -0.458 e. The number of hydrogen-bond donors (Lipinski definition) is 0. The van der Waals surface area contributed by atoms with Gasteiger partial charge in [-0.3, -0.25) is 0 Å². The third kappa shape index (κ3) is 3.48. The summed E-state index contributed by atoms with van der Waals surface area (Å²) >= 11 is 0. The van der Waals surface area contributed by atoms with Crippen LogP contribution in [-0.4, -0.2) is 6.71 Å². The van der Waals surface area contributed by atoms with Crippen molar-refractivity contribution in [3.05, 3.63) is 95.8 Å². The second kappa shape index (κ2) is 8.27. The van der Waals surface area contributed by atoms with E-state index in [-0.39, 0.29) is 51.6 Å². The predicted octanol–water partition coefficient (Wildman–Crippen LogP) is 7.61. The number of hydrogen-bond acceptors (Lipinski definition) is 2. The molecule has 2 nitrogen and oxygen atoms in total. The molecule has 0 atom stereocenters. The highest BCUT2D eigenvalue weighted by molar-refractivity contribution is 6.99. The molecule has 0 amide bonds. The number of anilines is 3. The Balaban J connectivity index is 1.57. The number of benzene rings is 4. The summed E-state index contributed by atoms with van der Waals surface area (Å²) in [5.41, 5.74) is 0.891. The largest absolute Gasteiger partial charge is 0.458 e. The molecule has 4 aromatic rings. The average Bonchev–Trinajstić information content (AvgIpc) is 3.10. The lowest BCUT2D eigenvalue weighted by Crippen LogP contribution is -2.59. The SMILES string of the molecule is [2H]c1c([2H])c([2H])c(N2c3cc(C45CCC(CC4)CC5)cc4c3B(c3c([2H])c(C(C)(C)C)c([2H])c([2H])c3O4)c3c([2H])c([2H])c([2H])c([2H])c32)c([2H])c1[2H]. The molecule has 2 heterocycles. The Morgan fingerprint density at radius 3 is 2.28 bits per heavy atom. The molecule has 194 valence electrons. The average molecular weight is 522 g/mol. The first-order chi connectivity index (χ1) is 23.9. The Bertz CT molecular complexity index is 2200. The first-order valence-electron chi connectivity index (χ1n) is 19.9. The Kier molecular flexibility index (Phi) is 3.02. The summed E-state index contributed by atoms with van der Waals surface area (Å²) in [6.07, 6.45) is 5.93. The minimum absolute atomic E-state index is 0.0157. The van der Waals surface area contributed by atoms with Crippen molar-refractivity contribution in [1.82, 2.24) is 0 Å². The van der Waals surface area contributed by atoms with Gasteiger partial charge in [0.25, 0.3) is 6.71 Å². The number of fused-ring (bicyclic) bond motifs is 7. The van der Waals surface area contributed by atoms with Crippen LogP contribution in [0.5, 0.6) is 11.5 Å². The lowest BCUT2D eigenvalue weighted by Gasteiger charge is -2.48. The smallest absolute Gasteiger partial charge is 0.256 e. The fourth-order valence-corrected chi connectivity index (χ4v) is 7.18. The van der Waals surface area contributed by atoms with Crippen molar-refractivity contribution in [2.75, 3.05) is 4.90 Å². The monoisotopic (exact) mass is 521 g/mol. The zero-order chi connectivity index (χ0) is 36.8. The van der Waals surface area contributed by atoms with E-state index in [9.17, 15) is 5.48 Å². The first-order valence-corrected chi connectivity index (χ1v) is 13.9. The summed E-state index contributed by atoms with van der Waals surface area (Å²) < 4.78 is 114. The van der Waals surface area contributed by atoms with E-state index in [0.717, 1.165) is 44.1 Å². The Morgan fingerprint density at radius 1 is 0.821 bits per heavy atom. The number of nitrogens with zero attached hydrogens (tertiary/aromatic N) is 1. The van der Waals surface area contributed by atoms with Gasteiger partial charge in [0.1, 0.15) is 11.5 Å². The minimum atomic E-state index is -1.05. The van der Waals surface area contributed by atoms with Crippen LogP contribution in [-0.2, 0) is 10.8 Å². The zero-order valence-electron chi connectivity index (χ0n) is 34.4. The van der Waals surface area contributed by atoms with Gasteiger partial charge in [-0.15, -0.1) is 0 Å². The number of rotatable bonds is 2. The molecule has 0 spiro atoms. The van der Waals surface area contributed by atoms with Gasteiger partial charge in [-0.05, 0) is 119 Å². The van der Waals surface area contributed by atoms with E-state index in [0.29, 0.717) is 28.4 Å². The maximum atomic E-state index is 9.56. The van der Waals surface area contributed by atoms with Gasteiger partial charge in [-0.1, -0.05) is 69.1 Å². The van der Waals surface area contributed by atoms with Gasteiger partial charge in [-0.2, -0.15) is 0 Å². The van der Waals surface area contributed by atoms with E-state index in [2.05, 4.69) is 0 Å². The molecule has 5 aliphatic rings. The molecular formula is C36H36BNO. The molecule has 3 saturated carbocycles. The topological polar surface area (TPSA) is 12.5 Å². The molecule has 0 N–H and O–H groups in total. The maximum absolute atomic E-state index is 9.56. The van der Waals surface area contributed by atoms with Crippen LogP contribution in [0, 0.1) is 5.92 Å². The molecule has 3 aliphatic carbocycles. The van der Waals surface area contributed by atoms with Gasteiger partial charge in [0.05, 0.1) is 16.4 Å². The third-order valence-electron chi connectivity index (χ3n) is 9.33. The van der Waals surface area contributed by atoms with E-state index in [1.54, 1.807) is 0 Å². The van der Waals surface area contributed by atoms with Crippen molar-refractivity contribution < 1.29 is 21.2 Å². The van der Waals surface area contributed by atoms with Gasteiger partial charge in [0.15, 0.2) is 0 Å². The fraction of sp³-hybridized carbons (Fsp3) is 0.333. The summed E-state index contributed by atoms with van der Waals surface area (Å²) in [6, 6.07) is -1.37. The highest BCUT2D eigenvalue weighted by Crippen LogP contribution is 2.53. The maximum Gasteiger partial charge on any atom is 0.256 e. The highest BCUT2D eigenvalue weighted by atomic mass is 16.5. The van der Waals surface area contributed by atoms with Crippen LogP contribution in [0.2, 0.25) is 0 Å². The van der Waals surface area contributed by atoms with Gasteiger partial charge in [0, 0.05) is 17.1 Å². The van der Waals surface area contributed by atoms with Gasteiger partial charge in [-0.25, -0.2) is 0 Å². The van der Waals surface area contributed by atoms with Gasteiger partial charge < -0.3 is 9.64 Å². The first kappa shape index (κ1) is 14.3. The molecule has 3 heteroatoms. The summed E-state index contributed by atoms with van der Waals surface area (Å²) in [7, 11) is 0. The summed E-state index contributed by atoms with van der Waals surface area (Å²) in [5.74, 6) is 0.945. The Morgan fingerprint density at radius 2 is 1.54 bits per heavy atom. The molecule has 3 fully saturated rings. The molecule has 0 radical (unpaired) electrons. The molecular weight excluding hydrogens is 473 g/mol. The predicted molar refractivity (Wildman–Crippen MR) is 164 cm³/mol. The van der Waals surface area contributed by atoms with Crippen LogP contribution in [0.15, 0.2) is 84.6 Å². The van der Waals surface area contributed by atoms with Crippen molar-refractivity contribution in [2.45, 2.75) is 70.1 Å². The van der Waals surface area contributed by atoms with E-state index in [4.69, 9.17) is 15.7 Å². The molecule has 2 bridgehead atoms. The van der Waals surface area contributed by atoms with Crippen LogP contribution in [0.25, 0.3) is 0 Å². The lowest BCUT2D eigenvalue weighted by molar-refractivity contribution is 0.136. The standard InChI is InChI=1S/C36H36BNO/c1-35(2,3)25-13-14-32-29(21-25)37-28-11-7-8-12-30(28)38(27-9-5-4-6-10-27)31-22-26(23-33(39-32)34(31)37)36-18-15-24(16-19-36)17-20-36/h4-14,21-24H,15-20H2,1-3H3/i4D,5D,6D,7D,8D,9D,10D,11D,12D,13D,14D,21D. The molecule has 2 aliphatic heterocycles. The fourth-order valence-electron chi connectivity index (χ4n) is 7.18. The molecule has 0 unspecified atom stereocenters. The van der Waals surface area contributed by atoms with Crippen LogP contribution >= 0.6 is 0 Å². The van der Waals surface area contributed by atoms with Gasteiger partial charge >= 0.3 is 0 Å². The van der Waals surface area contributed by atoms with Crippen LogP contribution in [0.3, 0.4) is 0 Å². The van der Waals surface area contributed by atoms with Crippen LogP contribution in [0.4, 0.5) is 17.1 Å². The Labute approximate surface area is 250 Å². The normalized spacial score (nSPS) is 26.9. The second-order valence-electron chi connectivity index (χ2n) is 12.5. The summed E-state index contributed by atoms with van der Waals surface area (Å²) in [5, 5.41) is 0. The van der Waals surface area contributed by atoms with Crippen LogP contribution in [0.1, 0.15) is 86.9 Å². The van der Waals surface area contributed by atoms with Crippen molar-refractivity contribution in [3.8, 4) is 11.5 Å². The quantitative estimate of drug-likeness (QED) is 0.218. The number of ether oxygens (including phenoxy) is 1. The third-order valence-corrected chi connectivity index (χ3v) is 9.33. The van der Waals surface area contributed by atoms with E-state index < -0.39 is 66.5 Å². The van der Waals surface area contributed by atoms with Crippen molar-refractivity contribution in [2.24, 2.45) is 5.92 Å². The molecule has 9 rings (SSSR count). The zero-order valence-corrected chi connectivity index (χ0v) is 22.4. The molecule has 39 heavy (non-hydrogen) atoms. The van der Waals surface area contributed by atoms with Gasteiger partial charge in [0.2, 0.25) is 0 Å². The highest BCUT2D eigenvalue weighted by Gasteiger charge is 2.46. The van der Waals surface area contributed by atoms with Crippen molar-refractivity contribution in [3.63, 3.8) is 0 Å². The van der Waals surface area contributed by atoms with Crippen LogP contribution < -0.4 is 26.0 Å². The van der Waals surface area contributed by atoms with Crippen molar-refractivity contribution >= 4 is 40.2 Å². The summed E-state index contributed by atoms with van der Waals surface area (Å²) in [4.78, 5) is 1.39. The summed E-state index contributed by atoms with van der Waals surface area (Å²) in [6.45, 7) is 4.49. The number of para-hydroxylation sites is 2. The van der Waals surface area contributed by atoms with E-state index >= 15 is 0 Å². The van der Waals surface area contributed by atoms with Crippen molar-refractivity contribution in [1.29, 1.82) is 0 Å². The molecule has 0 saturated heterocycles. The molecule has 4 aromatic carbocycles. The second-order valence-corrected chi connectivity index (χ2v) is 12.5. The molecule has 0 aromatic heterocycles.